The van der Waals surface area contributed by atoms with Crippen molar-refractivity contribution in [3.63, 3.8) is 0 Å². The van der Waals surface area contributed by atoms with Gasteiger partial charge < -0.3 is 4.74 Å². The number of halogens is 4. The summed E-state index contributed by atoms with van der Waals surface area (Å²) in [6.45, 7) is 0. The second-order valence-corrected chi connectivity index (χ2v) is 5.92. The maximum absolute atomic E-state index is 14.4. The highest BCUT2D eigenvalue weighted by molar-refractivity contribution is 9.10. The molecule has 112 valence electrons. The maximum atomic E-state index is 14.4. The van der Waals surface area contributed by atoms with Crippen molar-refractivity contribution in [3.05, 3.63) is 61.8 Å². The number of nitrogens with two attached hydrogens (primary N) is 1. The van der Waals surface area contributed by atoms with Gasteiger partial charge in [-0.25, -0.2) is 9.82 Å². The number of hydrogen-bond acceptors (Lipinski definition) is 3. The van der Waals surface area contributed by atoms with E-state index in [2.05, 4.69) is 21.4 Å². The molecule has 3 N–H and O–H groups in total. The highest BCUT2D eigenvalue weighted by Gasteiger charge is 2.22. The normalized spacial score (nSPS) is 12.3. The number of nitrogens with one attached hydrogen (secondary N) is 1. The van der Waals surface area contributed by atoms with Crippen molar-refractivity contribution < 1.29 is 9.13 Å². The molecule has 0 aliphatic carbocycles. The Morgan fingerprint density at radius 3 is 2.52 bits per heavy atom. The predicted octanol–water partition coefficient (Wildman–Crippen LogP) is 4.46. The second-order valence-electron chi connectivity index (χ2n) is 4.25. The van der Waals surface area contributed by atoms with Gasteiger partial charge in [-0.15, -0.1) is 0 Å². The summed E-state index contributed by atoms with van der Waals surface area (Å²) in [5.74, 6) is 5.55. The van der Waals surface area contributed by atoms with Crippen molar-refractivity contribution in [2.24, 2.45) is 5.84 Å². The zero-order chi connectivity index (χ0) is 15.6. The van der Waals surface area contributed by atoms with Gasteiger partial charge in [0.1, 0.15) is 11.6 Å². The summed E-state index contributed by atoms with van der Waals surface area (Å²) >= 11 is 15.0. The SMILES string of the molecule is COc1cc(Cl)ccc1C(NN)c1ccc(Br)c(Cl)c1F. The maximum Gasteiger partial charge on any atom is 0.148 e. The van der Waals surface area contributed by atoms with Crippen molar-refractivity contribution in [2.75, 3.05) is 7.11 Å². The lowest BCUT2D eigenvalue weighted by atomic mass is 9.98. The monoisotopic (exact) mass is 392 g/mol. The zero-order valence-corrected chi connectivity index (χ0v) is 14.1. The Balaban J connectivity index is 2.57. The van der Waals surface area contributed by atoms with E-state index in [0.717, 1.165) is 0 Å². The van der Waals surface area contributed by atoms with Crippen LogP contribution in [0.5, 0.6) is 5.75 Å². The summed E-state index contributed by atoms with van der Waals surface area (Å²) in [5, 5.41) is 0.515. The van der Waals surface area contributed by atoms with E-state index in [1.54, 1.807) is 30.3 Å². The minimum Gasteiger partial charge on any atom is -0.496 e. The van der Waals surface area contributed by atoms with Gasteiger partial charge in [0.05, 0.1) is 18.2 Å². The highest BCUT2D eigenvalue weighted by Crippen LogP contribution is 2.36. The molecule has 0 bridgehead atoms. The Morgan fingerprint density at radius 2 is 1.90 bits per heavy atom. The Labute approximate surface area is 140 Å². The molecule has 2 aromatic rings. The molecule has 0 aliphatic rings. The molecular formula is C14H12BrCl2FN2O. The number of ether oxygens (including phenoxy) is 1. The van der Waals surface area contributed by atoms with Gasteiger partial charge in [0.2, 0.25) is 0 Å². The first-order valence-electron chi connectivity index (χ1n) is 5.92. The Bertz CT molecular complexity index is 670. The van der Waals surface area contributed by atoms with Crippen LogP contribution in [-0.2, 0) is 0 Å². The fraction of sp³-hybridized carbons (Fsp3) is 0.143. The summed E-state index contributed by atoms with van der Waals surface area (Å²) in [6.07, 6.45) is 0. The first-order valence-corrected chi connectivity index (χ1v) is 7.47. The Hall–Kier alpha value is -0.850. The molecule has 7 heteroatoms. The minimum absolute atomic E-state index is 0.000630. The van der Waals surface area contributed by atoms with Crippen LogP contribution in [0.1, 0.15) is 17.2 Å². The largest absolute Gasteiger partial charge is 0.496 e. The van der Waals surface area contributed by atoms with Gasteiger partial charge in [-0.2, -0.15) is 0 Å². The minimum atomic E-state index is -0.622. The van der Waals surface area contributed by atoms with Crippen LogP contribution in [0.25, 0.3) is 0 Å². The number of hydrazine groups is 1. The summed E-state index contributed by atoms with van der Waals surface area (Å²) in [6, 6.07) is 7.68. The third-order valence-electron chi connectivity index (χ3n) is 3.05. The van der Waals surface area contributed by atoms with Crippen molar-refractivity contribution in [1.29, 1.82) is 0 Å². The fourth-order valence-electron chi connectivity index (χ4n) is 2.03. The number of hydrogen-bond donors (Lipinski definition) is 2. The molecule has 0 saturated heterocycles. The molecule has 0 spiro atoms. The van der Waals surface area contributed by atoms with Gasteiger partial charge in [0.25, 0.3) is 0 Å². The fourth-order valence-corrected chi connectivity index (χ4v) is 2.67. The van der Waals surface area contributed by atoms with Gasteiger partial charge >= 0.3 is 0 Å². The van der Waals surface area contributed by atoms with Crippen LogP contribution in [0.2, 0.25) is 10.0 Å². The van der Waals surface area contributed by atoms with Crippen molar-refractivity contribution in [3.8, 4) is 5.75 Å². The molecule has 0 aliphatic heterocycles. The topological polar surface area (TPSA) is 47.3 Å². The third-order valence-corrected chi connectivity index (χ3v) is 4.54. The summed E-state index contributed by atoms with van der Waals surface area (Å²) in [5.41, 5.74) is 3.55. The Morgan fingerprint density at radius 1 is 1.24 bits per heavy atom. The molecule has 0 amide bonds. The Kier molecular flexibility index (Phi) is 5.46. The summed E-state index contributed by atoms with van der Waals surface area (Å²) < 4.78 is 20.1. The molecule has 2 rings (SSSR count). The number of rotatable bonds is 4. The van der Waals surface area contributed by atoms with E-state index in [0.29, 0.717) is 26.4 Å². The second kappa shape index (κ2) is 6.94. The first kappa shape index (κ1) is 16.5. The third kappa shape index (κ3) is 3.33. The van der Waals surface area contributed by atoms with Crippen LogP contribution >= 0.6 is 39.1 Å². The van der Waals surface area contributed by atoms with Crippen LogP contribution in [0.4, 0.5) is 4.39 Å². The van der Waals surface area contributed by atoms with Gasteiger partial charge in [-0.3, -0.25) is 5.84 Å². The van der Waals surface area contributed by atoms with E-state index in [4.69, 9.17) is 33.8 Å². The van der Waals surface area contributed by atoms with E-state index in [1.165, 1.54) is 7.11 Å². The summed E-state index contributed by atoms with van der Waals surface area (Å²) in [4.78, 5) is 0. The van der Waals surface area contributed by atoms with Crippen LogP contribution in [0, 0.1) is 5.82 Å². The van der Waals surface area contributed by atoms with E-state index in [1.807, 2.05) is 0 Å². The van der Waals surface area contributed by atoms with Crippen molar-refractivity contribution in [2.45, 2.75) is 6.04 Å². The number of benzene rings is 2. The van der Waals surface area contributed by atoms with Crippen LogP contribution < -0.4 is 16.0 Å². The quantitative estimate of drug-likeness (QED) is 0.458. The van der Waals surface area contributed by atoms with Gasteiger partial charge in [-0.1, -0.05) is 35.3 Å². The molecular weight excluding hydrogens is 382 g/mol. The van der Waals surface area contributed by atoms with Gasteiger partial charge in [0, 0.05) is 20.6 Å². The molecule has 1 unspecified atom stereocenters. The lowest BCUT2D eigenvalue weighted by molar-refractivity contribution is 0.403. The zero-order valence-electron chi connectivity index (χ0n) is 11.0. The number of methoxy groups -OCH3 is 1. The molecule has 0 aromatic heterocycles. The predicted molar refractivity (Wildman–Crippen MR) is 86.3 cm³/mol. The van der Waals surface area contributed by atoms with Gasteiger partial charge in [-0.05, 0) is 34.1 Å². The van der Waals surface area contributed by atoms with E-state index < -0.39 is 11.9 Å². The van der Waals surface area contributed by atoms with Crippen LogP contribution in [0.3, 0.4) is 0 Å². The van der Waals surface area contributed by atoms with E-state index in [-0.39, 0.29) is 5.02 Å². The molecule has 0 radical (unpaired) electrons. The van der Waals surface area contributed by atoms with Crippen LogP contribution in [0.15, 0.2) is 34.8 Å². The lowest BCUT2D eigenvalue weighted by Gasteiger charge is -2.21. The highest BCUT2D eigenvalue weighted by atomic mass is 79.9. The lowest BCUT2D eigenvalue weighted by Crippen LogP contribution is -2.30. The molecule has 1 atom stereocenters. The summed E-state index contributed by atoms with van der Waals surface area (Å²) in [7, 11) is 1.51. The van der Waals surface area contributed by atoms with E-state index in [9.17, 15) is 4.39 Å². The average Bonchev–Trinajstić information content (AvgIpc) is 2.48. The average molecular weight is 394 g/mol. The molecule has 0 saturated carbocycles. The molecule has 21 heavy (non-hydrogen) atoms. The van der Waals surface area contributed by atoms with Crippen LogP contribution in [-0.4, -0.2) is 7.11 Å². The van der Waals surface area contributed by atoms with E-state index >= 15 is 0 Å². The molecule has 0 fully saturated rings. The molecule has 2 aromatic carbocycles. The van der Waals surface area contributed by atoms with Crippen molar-refractivity contribution in [1.82, 2.24) is 5.43 Å². The smallest absolute Gasteiger partial charge is 0.148 e. The molecule has 0 heterocycles. The van der Waals surface area contributed by atoms with Crippen molar-refractivity contribution >= 4 is 39.1 Å². The van der Waals surface area contributed by atoms with Gasteiger partial charge in [0.15, 0.2) is 0 Å². The first-order chi connectivity index (χ1) is 9.99. The molecule has 3 nitrogen and oxygen atoms in total. The standard InChI is InChI=1S/C14H12BrCl2FN2O/c1-21-11-6-7(16)2-3-8(11)14(20-19)9-4-5-10(15)12(17)13(9)18/h2-6,14,20H,19H2,1H3.